The summed E-state index contributed by atoms with van der Waals surface area (Å²) in [6.07, 6.45) is 4.28. The Morgan fingerprint density at radius 1 is 1.24 bits per heavy atom. The van der Waals surface area contributed by atoms with Crippen molar-refractivity contribution in [2.75, 3.05) is 11.1 Å². The van der Waals surface area contributed by atoms with E-state index in [1.54, 1.807) is 12.4 Å². The number of carbonyl (C=O) groups excluding carboxylic acids is 1. The first kappa shape index (κ1) is 17.2. The number of H-pyrrole nitrogens is 1. The van der Waals surface area contributed by atoms with Crippen LogP contribution in [-0.2, 0) is 11.2 Å². The fourth-order valence-electron chi connectivity index (χ4n) is 2.46. The van der Waals surface area contributed by atoms with Gasteiger partial charge in [0.05, 0.1) is 5.75 Å². The van der Waals surface area contributed by atoms with Crippen LogP contribution in [0.2, 0.25) is 0 Å². The van der Waals surface area contributed by atoms with Gasteiger partial charge in [-0.15, -0.1) is 5.10 Å². The van der Waals surface area contributed by atoms with Gasteiger partial charge in [-0.05, 0) is 36.6 Å². The van der Waals surface area contributed by atoms with Crippen LogP contribution >= 0.6 is 11.8 Å². The average molecular weight is 353 g/mol. The van der Waals surface area contributed by atoms with Crippen LogP contribution in [0.5, 0.6) is 0 Å². The second-order valence-corrected chi connectivity index (χ2v) is 6.44. The first-order chi connectivity index (χ1) is 12.2. The van der Waals surface area contributed by atoms with Crippen molar-refractivity contribution in [3.63, 3.8) is 0 Å². The highest BCUT2D eigenvalue weighted by Crippen LogP contribution is 2.22. The molecule has 3 aromatic rings. The Morgan fingerprint density at radius 3 is 2.80 bits per heavy atom. The Hall–Kier alpha value is -2.67. The minimum absolute atomic E-state index is 0.0655. The minimum Gasteiger partial charge on any atom is -0.325 e. The zero-order valence-corrected chi connectivity index (χ0v) is 14.9. The summed E-state index contributed by atoms with van der Waals surface area (Å²) in [5.41, 5.74) is 4.01. The molecule has 0 saturated heterocycles. The molecule has 7 heteroatoms. The van der Waals surface area contributed by atoms with Crippen molar-refractivity contribution in [2.24, 2.45) is 0 Å². The lowest BCUT2D eigenvalue weighted by atomic mass is 10.1. The van der Waals surface area contributed by atoms with Crippen molar-refractivity contribution in [1.82, 2.24) is 20.2 Å². The molecule has 2 N–H and O–H groups in total. The molecule has 0 aliphatic rings. The van der Waals surface area contributed by atoms with Gasteiger partial charge in [0.25, 0.3) is 0 Å². The van der Waals surface area contributed by atoms with Gasteiger partial charge in [-0.3, -0.25) is 14.9 Å². The monoisotopic (exact) mass is 353 g/mol. The van der Waals surface area contributed by atoms with Crippen molar-refractivity contribution in [2.45, 2.75) is 25.4 Å². The van der Waals surface area contributed by atoms with E-state index in [2.05, 4.69) is 32.4 Å². The van der Waals surface area contributed by atoms with Gasteiger partial charge in [-0.25, -0.2) is 4.98 Å². The molecule has 1 aromatic carbocycles. The summed E-state index contributed by atoms with van der Waals surface area (Å²) in [4.78, 5) is 20.7. The van der Waals surface area contributed by atoms with E-state index in [9.17, 15) is 4.79 Å². The number of nitrogens with one attached hydrogen (secondary N) is 2. The Morgan fingerprint density at radius 2 is 2.04 bits per heavy atom. The number of anilines is 1. The Labute approximate surface area is 150 Å². The van der Waals surface area contributed by atoms with E-state index in [0.717, 1.165) is 28.8 Å². The summed E-state index contributed by atoms with van der Waals surface area (Å²) >= 11 is 1.30. The molecule has 0 unspecified atom stereocenters. The highest BCUT2D eigenvalue weighted by molar-refractivity contribution is 7.99. The molecule has 0 radical (unpaired) electrons. The zero-order chi connectivity index (χ0) is 17.6. The van der Waals surface area contributed by atoms with Gasteiger partial charge in [0.15, 0.2) is 5.82 Å². The minimum atomic E-state index is -0.0655. The summed E-state index contributed by atoms with van der Waals surface area (Å²) in [6, 6.07) is 9.75. The normalized spacial score (nSPS) is 10.6. The van der Waals surface area contributed by atoms with Gasteiger partial charge in [0.1, 0.15) is 0 Å². The number of thioether (sulfide) groups is 1. The Bertz CT molecular complexity index is 863. The average Bonchev–Trinajstić information content (AvgIpc) is 3.11. The lowest BCUT2D eigenvalue weighted by Crippen LogP contribution is -2.16. The van der Waals surface area contributed by atoms with Gasteiger partial charge < -0.3 is 5.32 Å². The number of amides is 1. The molecule has 1 amide bonds. The predicted molar refractivity (Wildman–Crippen MR) is 99.5 cm³/mol. The highest BCUT2D eigenvalue weighted by atomic mass is 32.2. The third-order valence-electron chi connectivity index (χ3n) is 3.76. The molecule has 2 heterocycles. The van der Waals surface area contributed by atoms with E-state index in [1.165, 1.54) is 11.8 Å². The molecule has 0 saturated carbocycles. The summed E-state index contributed by atoms with van der Waals surface area (Å²) in [5, 5.41) is 10.6. The molecule has 0 aliphatic heterocycles. The Kier molecular flexibility index (Phi) is 5.45. The molecule has 128 valence electrons. The molecule has 0 aliphatic carbocycles. The first-order valence-corrected chi connectivity index (χ1v) is 9.00. The largest absolute Gasteiger partial charge is 0.325 e. The maximum Gasteiger partial charge on any atom is 0.234 e. The molecule has 0 bridgehead atoms. The predicted octanol–water partition coefficient (Wildman–Crippen LogP) is 3.47. The number of aromatic nitrogens is 4. The zero-order valence-electron chi connectivity index (χ0n) is 14.1. The van der Waals surface area contributed by atoms with Crippen molar-refractivity contribution in [3.05, 3.63) is 53.9 Å². The standard InChI is InChI=1S/C18H19N5OS/c1-3-13-6-4-5-12(2)16(13)20-15(24)11-25-18-21-17(22-23-18)14-7-9-19-10-8-14/h4-10H,3,11H2,1-2H3,(H,20,24)(H,21,22,23). The van der Waals surface area contributed by atoms with Crippen LogP contribution < -0.4 is 5.32 Å². The second kappa shape index (κ2) is 7.94. The van der Waals surface area contributed by atoms with Crippen LogP contribution in [0.3, 0.4) is 0 Å². The third kappa shape index (κ3) is 4.24. The van der Waals surface area contributed by atoms with E-state index < -0.39 is 0 Å². The third-order valence-corrected chi connectivity index (χ3v) is 4.60. The van der Waals surface area contributed by atoms with Crippen LogP contribution in [0.4, 0.5) is 5.69 Å². The van der Waals surface area contributed by atoms with E-state index in [-0.39, 0.29) is 11.7 Å². The SMILES string of the molecule is CCc1cccc(C)c1NC(=O)CSc1n[nH]c(-c2ccncc2)n1. The summed E-state index contributed by atoms with van der Waals surface area (Å²) in [5.74, 6) is 0.854. The van der Waals surface area contributed by atoms with Crippen LogP contribution in [0.25, 0.3) is 11.4 Å². The number of benzene rings is 1. The first-order valence-electron chi connectivity index (χ1n) is 8.01. The van der Waals surface area contributed by atoms with E-state index in [4.69, 9.17) is 0 Å². The van der Waals surface area contributed by atoms with E-state index in [1.807, 2.05) is 37.3 Å². The molecule has 25 heavy (non-hydrogen) atoms. The van der Waals surface area contributed by atoms with Gasteiger partial charge in [-0.2, -0.15) is 0 Å². The number of rotatable bonds is 6. The number of carbonyl (C=O) groups is 1. The van der Waals surface area contributed by atoms with Crippen molar-refractivity contribution >= 4 is 23.4 Å². The van der Waals surface area contributed by atoms with Crippen LogP contribution in [0, 0.1) is 6.92 Å². The number of aromatic amines is 1. The maximum atomic E-state index is 12.3. The van der Waals surface area contributed by atoms with Crippen LogP contribution in [-0.4, -0.2) is 31.8 Å². The molecule has 0 atom stereocenters. The second-order valence-electron chi connectivity index (χ2n) is 5.50. The molecule has 0 fully saturated rings. The quantitative estimate of drug-likeness (QED) is 0.663. The Balaban J connectivity index is 1.61. The fourth-order valence-corrected chi connectivity index (χ4v) is 3.06. The van der Waals surface area contributed by atoms with Gasteiger partial charge in [0, 0.05) is 23.6 Å². The number of para-hydroxylation sites is 1. The lowest BCUT2D eigenvalue weighted by molar-refractivity contribution is -0.113. The molecule has 2 aromatic heterocycles. The van der Waals surface area contributed by atoms with Crippen molar-refractivity contribution in [1.29, 1.82) is 0 Å². The number of hydrogen-bond donors (Lipinski definition) is 2. The van der Waals surface area contributed by atoms with Crippen molar-refractivity contribution in [3.8, 4) is 11.4 Å². The molecule has 6 nitrogen and oxygen atoms in total. The number of pyridine rings is 1. The molecule has 3 rings (SSSR count). The number of hydrogen-bond acceptors (Lipinski definition) is 5. The van der Waals surface area contributed by atoms with E-state index >= 15 is 0 Å². The van der Waals surface area contributed by atoms with Gasteiger partial charge >= 0.3 is 0 Å². The molecule has 0 spiro atoms. The molecular weight excluding hydrogens is 334 g/mol. The lowest BCUT2D eigenvalue weighted by Gasteiger charge is -2.12. The summed E-state index contributed by atoms with van der Waals surface area (Å²) in [6.45, 7) is 4.08. The number of aryl methyl sites for hydroxylation is 2. The highest BCUT2D eigenvalue weighted by Gasteiger charge is 2.11. The van der Waals surface area contributed by atoms with Gasteiger partial charge in [-0.1, -0.05) is 36.9 Å². The van der Waals surface area contributed by atoms with E-state index in [0.29, 0.717) is 11.0 Å². The number of nitrogens with zero attached hydrogens (tertiary/aromatic N) is 3. The topological polar surface area (TPSA) is 83.6 Å². The fraction of sp³-hybridized carbons (Fsp3) is 0.222. The molecular formula is C18H19N5OS. The van der Waals surface area contributed by atoms with Crippen molar-refractivity contribution < 1.29 is 4.79 Å². The smallest absolute Gasteiger partial charge is 0.234 e. The summed E-state index contributed by atoms with van der Waals surface area (Å²) < 4.78 is 0. The maximum absolute atomic E-state index is 12.3. The van der Waals surface area contributed by atoms with Crippen LogP contribution in [0.1, 0.15) is 18.1 Å². The summed E-state index contributed by atoms with van der Waals surface area (Å²) in [7, 11) is 0. The van der Waals surface area contributed by atoms with Gasteiger partial charge in [0.2, 0.25) is 11.1 Å². The van der Waals surface area contributed by atoms with Crippen LogP contribution in [0.15, 0.2) is 47.9 Å².